The zero-order valence-electron chi connectivity index (χ0n) is 13.8. The van der Waals surface area contributed by atoms with E-state index in [1.54, 1.807) is 12.1 Å². The lowest BCUT2D eigenvalue weighted by Crippen LogP contribution is -2.27. The molecular weight excluding hydrogens is 377 g/mol. The average molecular weight is 394 g/mol. The summed E-state index contributed by atoms with van der Waals surface area (Å²) in [5.74, 6) is -0.598. The fourth-order valence-electron chi connectivity index (χ4n) is 2.73. The van der Waals surface area contributed by atoms with Crippen LogP contribution < -0.4 is 16.0 Å². The van der Waals surface area contributed by atoms with Gasteiger partial charge in [-0.15, -0.1) is 0 Å². The number of nitrogens with zero attached hydrogens (tertiary/aromatic N) is 2. The van der Waals surface area contributed by atoms with Crippen LogP contribution in [0.3, 0.4) is 0 Å². The molecule has 1 fully saturated rings. The topological polar surface area (TPSA) is 96.0 Å². The SMILES string of the molecule is O=C(CC1CCCN1)Nc1cc(Cl)c(NC(=O)c2cnccn2)c(Cl)c1. The van der Waals surface area contributed by atoms with E-state index >= 15 is 0 Å². The predicted octanol–water partition coefficient (Wildman–Crippen LogP) is 3.12. The summed E-state index contributed by atoms with van der Waals surface area (Å²) in [7, 11) is 0. The van der Waals surface area contributed by atoms with E-state index in [0.29, 0.717) is 12.1 Å². The van der Waals surface area contributed by atoms with E-state index in [9.17, 15) is 9.59 Å². The third-order valence-corrected chi connectivity index (χ3v) is 4.55. The van der Waals surface area contributed by atoms with Crippen LogP contribution in [0.4, 0.5) is 11.4 Å². The molecule has 1 saturated heterocycles. The van der Waals surface area contributed by atoms with Crippen LogP contribution >= 0.6 is 23.2 Å². The van der Waals surface area contributed by atoms with Crippen LogP contribution in [0, 0.1) is 0 Å². The molecule has 0 radical (unpaired) electrons. The Morgan fingerprint density at radius 1 is 1.19 bits per heavy atom. The number of rotatable bonds is 5. The number of benzene rings is 1. The second kappa shape index (κ2) is 8.44. The van der Waals surface area contributed by atoms with Gasteiger partial charge in [0, 0.05) is 30.5 Å². The average Bonchev–Trinajstić information content (AvgIpc) is 3.11. The molecule has 2 heterocycles. The smallest absolute Gasteiger partial charge is 0.275 e. The lowest BCUT2D eigenvalue weighted by atomic mass is 10.1. The first-order valence-corrected chi connectivity index (χ1v) is 8.88. The Kier molecular flexibility index (Phi) is 6.03. The summed E-state index contributed by atoms with van der Waals surface area (Å²) in [6.45, 7) is 0.940. The van der Waals surface area contributed by atoms with E-state index in [0.717, 1.165) is 19.4 Å². The van der Waals surface area contributed by atoms with Crippen molar-refractivity contribution in [3.8, 4) is 0 Å². The van der Waals surface area contributed by atoms with E-state index in [2.05, 4.69) is 25.9 Å². The van der Waals surface area contributed by atoms with Crippen LogP contribution in [0.1, 0.15) is 29.8 Å². The van der Waals surface area contributed by atoms with Crippen LogP contribution in [-0.4, -0.2) is 34.4 Å². The number of carbonyl (C=O) groups excluding carboxylic acids is 2. The van der Waals surface area contributed by atoms with Crippen LogP contribution in [0.5, 0.6) is 0 Å². The molecule has 3 rings (SSSR count). The maximum Gasteiger partial charge on any atom is 0.275 e. The normalized spacial score (nSPS) is 16.3. The van der Waals surface area contributed by atoms with E-state index < -0.39 is 5.91 Å². The van der Waals surface area contributed by atoms with Gasteiger partial charge in [0.2, 0.25) is 5.91 Å². The first kappa shape index (κ1) is 18.6. The fourth-order valence-corrected chi connectivity index (χ4v) is 3.31. The van der Waals surface area contributed by atoms with Gasteiger partial charge in [0.1, 0.15) is 5.69 Å². The van der Waals surface area contributed by atoms with E-state index in [-0.39, 0.29) is 33.4 Å². The van der Waals surface area contributed by atoms with Crippen molar-refractivity contribution >= 4 is 46.4 Å². The van der Waals surface area contributed by atoms with Crippen molar-refractivity contribution in [1.82, 2.24) is 15.3 Å². The molecule has 7 nitrogen and oxygen atoms in total. The molecule has 0 saturated carbocycles. The second-order valence-corrected chi connectivity index (χ2v) is 6.72. The molecule has 1 unspecified atom stereocenters. The number of amides is 2. The third kappa shape index (κ3) is 4.69. The summed E-state index contributed by atoms with van der Waals surface area (Å²) < 4.78 is 0. The van der Waals surface area contributed by atoms with E-state index in [1.165, 1.54) is 18.6 Å². The number of hydrogen-bond donors (Lipinski definition) is 3. The zero-order chi connectivity index (χ0) is 18.5. The van der Waals surface area contributed by atoms with Gasteiger partial charge in [-0.1, -0.05) is 23.2 Å². The molecule has 1 aliphatic rings. The lowest BCUT2D eigenvalue weighted by molar-refractivity contribution is -0.116. The van der Waals surface area contributed by atoms with Crippen molar-refractivity contribution in [2.45, 2.75) is 25.3 Å². The number of carbonyl (C=O) groups is 2. The monoisotopic (exact) mass is 393 g/mol. The standard InChI is InChI=1S/C17H17Cl2N5O2/c18-12-6-11(23-15(25)8-10-2-1-3-21-10)7-13(19)16(12)24-17(26)14-9-20-4-5-22-14/h4-7,9-10,21H,1-3,8H2,(H,23,25)(H,24,26). The summed E-state index contributed by atoms with van der Waals surface area (Å²) in [5.41, 5.74) is 0.862. The molecule has 2 aromatic rings. The van der Waals surface area contributed by atoms with E-state index in [1.807, 2.05) is 0 Å². The number of nitrogens with one attached hydrogen (secondary N) is 3. The summed E-state index contributed by atoms with van der Waals surface area (Å²) in [6, 6.07) is 3.28. The summed E-state index contributed by atoms with van der Waals surface area (Å²) in [5, 5.41) is 9.08. The minimum atomic E-state index is -0.481. The van der Waals surface area contributed by atoms with Gasteiger partial charge in [0.15, 0.2) is 0 Å². The predicted molar refractivity (Wildman–Crippen MR) is 101 cm³/mol. The third-order valence-electron chi connectivity index (χ3n) is 3.95. The molecular formula is C17H17Cl2N5O2. The Morgan fingerprint density at radius 2 is 1.96 bits per heavy atom. The number of halogens is 2. The van der Waals surface area contributed by atoms with E-state index in [4.69, 9.17) is 23.2 Å². The molecule has 0 aliphatic carbocycles. The number of anilines is 2. The molecule has 1 atom stereocenters. The summed E-state index contributed by atoms with van der Waals surface area (Å²) in [4.78, 5) is 32.0. The fraction of sp³-hybridized carbons (Fsp3) is 0.294. The molecule has 1 aromatic carbocycles. The highest BCUT2D eigenvalue weighted by Gasteiger charge is 2.19. The largest absolute Gasteiger partial charge is 0.326 e. The van der Waals surface area contributed by atoms with Gasteiger partial charge < -0.3 is 16.0 Å². The molecule has 1 aliphatic heterocycles. The van der Waals surface area contributed by atoms with Gasteiger partial charge >= 0.3 is 0 Å². The van der Waals surface area contributed by atoms with Gasteiger partial charge in [-0.3, -0.25) is 14.6 Å². The van der Waals surface area contributed by atoms with Crippen molar-refractivity contribution in [3.63, 3.8) is 0 Å². The van der Waals surface area contributed by atoms with Crippen molar-refractivity contribution in [2.24, 2.45) is 0 Å². The van der Waals surface area contributed by atoms with Crippen LogP contribution in [0.2, 0.25) is 10.0 Å². The highest BCUT2D eigenvalue weighted by atomic mass is 35.5. The van der Waals surface area contributed by atoms with Gasteiger partial charge in [-0.05, 0) is 31.5 Å². The summed E-state index contributed by atoms with van der Waals surface area (Å²) >= 11 is 12.4. The first-order valence-electron chi connectivity index (χ1n) is 8.12. The molecule has 2 amide bonds. The molecule has 136 valence electrons. The Morgan fingerprint density at radius 3 is 2.58 bits per heavy atom. The Balaban J connectivity index is 1.67. The maximum atomic E-state index is 12.2. The van der Waals surface area contributed by atoms with Gasteiger partial charge in [-0.25, -0.2) is 4.98 Å². The van der Waals surface area contributed by atoms with Crippen molar-refractivity contribution < 1.29 is 9.59 Å². The summed E-state index contributed by atoms with van der Waals surface area (Å²) in [6.07, 6.45) is 6.67. The van der Waals surface area contributed by atoms with Crippen molar-refractivity contribution in [2.75, 3.05) is 17.2 Å². The van der Waals surface area contributed by atoms with Gasteiger partial charge in [0.05, 0.1) is 21.9 Å². The maximum absolute atomic E-state index is 12.2. The minimum absolute atomic E-state index is 0.118. The highest BCUT2D eigenvalue weighted by Crippen LogP contribution is 2.34. The Hall–Kier alpha value is -2.22. The van der Waals surface area contributed by atoms with Crippen LogP contribution in [0.15, 0.2) is 30.7 Å². The van der Waals surface area contributed by atoms with Crippen LogP contribution in [0.25, 0.3) is 0 Å². The molecule has 0 spiro atoms. The van der Waals surface area contributed by atoms with Crippen molar-refractivity contribution in [3.05, 3.63) is 46.5 Å². The van der Waals surface area contributed by atoms with Crippen molar-refractivity contribution in [1.29, 1.82) is 0 Å². The molecule has 1 aromatic heterocycles. The number of aromatic nitrogens is 2. The second-order valence-electron chi connectivity index (χ2n) is 5.91. The molecule has 9 heteroatoms. The Bertz CT molecular complexity index is 787. The minimum Gasteiger partial charge on any atom is -0.326 e. The molecule has 3 N–H and O–H groups in total. The molecule has 26 heavy (non-hydrogen) atoms. The van der Waals surface area contributed by atoms with Crippen LogP contribution in [-0.2, 0) is 4.79 Å². The van der Waals surface area contributed by atoms with Gasteiger partial charge in [-0.2, -0.15) is 0 Å². The number of hydrogen-bond acceptors (Lipinski definition) is 5. The lowest BCUT2D eigenvalue weighted by Gasteiger charge is -2.13. The quantitative estimate of drug-likeness (QED) is 0.724. The Labute approximate surface area is 160 Å². The molecule has 0 bridgehead atoms. The zero-order valence-corrected chi connectivity index (χ0v) is 15.3. The first-order chi connectivity index (χ1) is 12.5. The highest BCUT2D eigenvalue weighted by molar-refractivity contribution is 6.40. The van der Waals surface area contributed by atoms with Gasteiger partial charge in [0.25, 0.3) is 5.91 Å².